The number of nitrogens with zero attached hydrogens (tertiary/aromatic N) is 4. The third-order valence-electron chi connectivity index (χ3n) is 3.70. The van der Waals surface area contributed by atoms with Gasteiger partial charge in [0.2, 0.25) is 0 Å². The van der Waals surface area contributed by atoms with Crippen LogP contribution in [0.5, 0.6) is 11.8 Å². The van der Waals surface area contributed by atoms with E-state index in [1.807, 2.05) is 0 Å². The molecule has 0 saturated carbocycles. The number of halogens is 8. The molecular weight excluding hydrogens is 485 g/mol. The molecule has 0 fully saturated rings. The van der Waals surface area contributed by atoms with Gasteiger partial charge in [-0.1, -0.05) is 33.4 Å². The highest BCUT2D eigenvalue weighted by Crippen LogP contribution is 2.36. The van der Waals surface area contributed by atoms with Gasteiger partial charge in [0, 0.05) is 19.2 Å². The minimum atomic E-state index is -4.99. The summed E-state index contributed by atoms with van der Waals surface area (Å²) in [6.07, 6.45) is -10.9. The van der Waals surface area contributed by atoms with Crippen molar-refractivity contribution in [3.05, 3.63) is 60.7 Å². The van der Waals surface area contributed by atoms with E-state index in [0.29, 0.717) is 0 Å². The third kappa shape index (κ3) is 4.39. The van der Waals surface area contributed by atoms with E-state index in [0.717, 1.165) is 19.2 Å². The molecule has 0 radical (unpaired) electrons. The van der Waals surface area contributed by atoms with Crippen LogP contribution in [-0.4, -0.2) is 19.3 Å². The Kier molecular flexibility index (Phi) is 5.56. The lowest BCUT2D eigenvalue weighted by Gasteiger charge is -2.15. The Morgan fingerprint density at radius 2 is 1.61 bits per heavy atom. The largest absolute Gasteiger partial charge is 0.470 e. The van der Waals surface area contributed by atoms with Gasteiger partial charge in [0.15, 0.2) is 5.75 Å². The number of hydrogen-bond acceptors (Lipinski definition) is 6. The van der Waals surface area contributed by atoms with E-state index >= 15 is 0 Å². The molecule has 3 rings (SSSR count). The van der Waals surface area contributed by atoms with Crippen LogP contribution < -0.4 is 16.0 Å². The molecule has 166 valence electrons. The van der Waals surface area contributed by atoms with Crippen molar-refractivity contribution in [3.63, 3.8) is 0 Å². The van der Waals surface area contributed by atoms with Gasteiger partial charge in [-0.2, -0.15) is 26.3 Å². The van der Waals surface area contributed by atoms with E-state index in [-0.39, 0.29) is 25.2 Å². The van der Waals surface area contributed by atoms with Crippen molar-refractivity contribution in [1.82, 2.24) is 19.3 Å². The average molecular weight is 491 g/mol. The molecule has 2 heterocycles. The molecule has 0 aliphatic heterocycles. The van der Waals surface area contributed by atoms with Crippen LogP contribution in [0.4, 0.5) is 26.3 Å². The highest BCUT2D eigenvalue weighted by molar-refractivity contribution is 6.36. The summed E-state index contributed by atoms with van der Waals surface area (Å²) in [5.41, 5.74) is -4.77. The maximum absolute atomic E-state index is 13.0. The third-order valence-corrected chi connectivity index (χ3v) is 4.30. The molecule has 0 bridgehead atoms. The van der Waals surface area contributed by atoms with E-state index in [2.05, 4.69) is 14.6 Å². The van der Waals surface area contributed by atoms with Gasteiger partial charge in [-0.05, 0) is 6.07 Å². The van der Waals surface area contributed by atoms with Gasteiger partial charge >= 0.3 is 30.0 Å². The summed E-state index contributed by atoms with van der Waals surface area (Å²) in [5.74, 6) is -2.20. The summed E-state index contributed by atoms with van der Waals surface area (Å²) in [5, 5.41) is 5.10. The van der Waals surface area contributed by atoms with Gasteiger partial charge in [-0.3, -0.25) is 9.36 Å². The number of alkyl halides is 6. The Balaban J connectivity index is 2.13. The summed E-state index contributed by atoms with van der Waals surface area (Å²) >= 11 is 11.8. The van der Waals surface area contributed by atoms with Crippen molar-refractivity contribution in [1.29, 1.82) is 0 Å². The van der Waals surface area contributed by atoms with Crippen LogP contribution in [0, 0.1) is 0 Å². The zero-order valence-electron chi connectivity index (χ0n) is 14.7. The van der Waals surface area contributed by atoms with Gasteiger partial charge in [0.1, 0.15) is 5.69 Å². The van der Waals surface area contributed by atoms with Crippen LogP contribution in [-0.2, 0) is 19.4 Å². The summed E-state index contributed by atoms with van der Waals surface area (Å²) < 4.78 is 86.3. The molecule has 0 aliphatic rings. The topological polar surface area (TPSA) is 92.2 Å². The molecular formula is C15H6Cl2F6N4O4. The molecule has 0 amide bonds. The normalized spacial score (nSPS) is 12.3. The fraction of sp³-hybridized carbons (Fsp3) is 0.200. The van der Waals surface area contributed by atoms with Crippen molar-refractivity contribution in [2.75, 3.05) is 0 Å². The highest BCUT2D eigenvalue weighted by atomic mass is 35.5. The van der Waals surface area contributed by atoms with Gasteiger partial charge in [0.25, 0.3) is 5.56 Å². The zero-order chi connectivity index (χ0) is 23.3. The van der Waals surface area contributed by atoms with Crippen LogP contribution in [0.3, 0.4) is 0 Å². The molecule has 0 atom stereocenters. The van der Waals surface area contributed by atoms with E-state index < -0.39 is 52.7 Å². The summed E-state index contributed by atoms with van der Waals surface area (Å²) in [4.78, 5) is 24.6. The lowest BCUT2D eigenvalue weighted by Crippen LogP contribution is -2.40. The minimum absolute atomic E-state index is 0.167. The van der Waals surface area contributed by atoms with Crippen molar-refractivity contribution in [2.24, 2.45) is 7.05 Å². The van der Waals surface area contributed by atoms with Crippen molar-refractivity contribution in [2.45, 2.75) is 12.4 Å². The van der Waals surface area contributed by atoms with Crippen LogP contribution in [0.2, 0.25) is 10.0 Å². The predicted molar refractivity (Wildman–Crippen MR) is 91.7 cm³/mol. The molecule has 0 aliphatic carbocycles. The van der Waals surface area contributed by atoms with E-state index in [9.17, 15) is 35.9 Å². The Morgan fingerprint density at radius 1 is 0.968 bits per heavy atom. The van der Waals surface area contributed by atoms with Gasteiger partial charge in [0.05, 0.1) is 15.7 Å². The Morgan fingerprint density at radius 3 is 2.16 bits per heavy atom. The standard InChI is InChI=1S/C15H6Cl2F6N4O4/c1-26-9(14(18,19)20)4-10(28)27(13(26)29)7-3-8(6(17)2-5(7)16)30-12-25-24-11(31-12)15(21,22)23/h2-4H,1H3. The first-order valence-corrected chi connectivity index (χ1v) is 8.44. The van der Waals surface area contributed by atoms with Crippen molar-refractivity contribution >= 4 is 23.2 Å². The lowest BCUT2D eigenvalue weighted by atomic mass is 10.2. The molecule has 2 aromatic heterocycles. The maximum Gasteiger partial charge on any atom is 0.470 e. The smallest absolute Gasteiger partial charge is 0.408 e. The molecule has 0 N–H and O–H groups in total. The zero-order valence-corrected chi connectivity index (χ0v) is 16.2. The van der Waals surface area contributed by atoms with Crippen LogP contribution in [0.25, 0.3) is 5.69 Å². The number of benzene rings is 1. The van der Waals surface area contributed by atoms with Gasteiger partial charge < -0.3 is 9.15 Å². The van der Waals surface area contributed by atoms with Crippen molar-refractivity contribution < 1.29 is 35.5 Å². The maximum atomic E-state index is 13.0. The number of aromatic nitrogens is 4. The molecule has 0 saturated heterocycles. The minimum Gasteiger partial charge on any atom is -0.408 e. The first-order chi connectivity index (χ1) is 14.2. The van der Waals surface area contributed by atoms with E-state index in [4.69, 9.17) is 27.9 Å². The quantitative estimate of drug-likeness (QED) is 0.514. The molecule has 8 nitrogen and oxygen atoms in total. The molecule has 3 aromatic rings. The second kappa shape index (κ2) is 7.60. The molecule has 0 spiro atoms. The molecule has 31 heavy (non-hydrogen) atoms. The monoisotopic (exact) mass is 490 g/mol. The fourth-order valence-electron chi connectivity index (χ4n) is 2.35. The van der Waals surface area contributed by atoms with E-state index in [1.165, 1.54) is 0 Å². The SMILES string of the molecule is Cn1c(C(F)(F)F)cc(=O)n(-c2cc(Oc3nnc(C(F)(F)F)o3)c(Cl)cc2Cl)c1=O. The van der Waals surface area contributed by atoms with Crippen molar-refractivity contribution in [3.8, 4) is 17.5 Å². The number of ether oxygens (including phenoxy) is 1. The Labute approximate surface area is 176 Å². The van der Waals surface area contributed by atoms with Crippen LogP contribution >= 0.6 is 23.2 Å². The molecule has 0 unspecified atom stereocenters. The predicted octanol–water partition coefficient (Wildman–Crippen LogP) is 4.06. The first kappa shape index (κ1) is 22.7. The van der Waals surface area contributed by atoms with Gasteiger partial charge in [-0.25, -0.2) is 9.36 Å². The Hall–Kier alpha value is -3.00. The van der Waals surface area contributed by atoms with E-state index in [1.54, 1.807) is 0 Å². The van der Waals surface area contributed by atoms with Gasteiger partial charge in [-0.15, -0.1) is 0 Å². The Bertz CT molecular complexity index is 1280. The first-order valence-electron chi connectivity index (χ1n) is 7.68. The summed E-state index contributed by atoms with van der Waals surface area (Å²) in [7, 11) is 0.777. The summed E-state index contributed by atoms with van der Waals surface area (Å²) in [6.45, 7) is 0. The fourth-order valence-corrected chi connectivity index (χ4v) is 2.85. The number of rotatable bonds is 3. The van der Waals surface area contributed by atoms with Crippen LogP contribution in [0.15, 0.2) is 32.2 Å². The number of hydrogen-bond donors (Lipinski definition) is 0. The summed E-state index contributed by atoms with van der Waals surface area (Å²) in [6, 6.07) is 1.94. The second-order valence-electron chi connectivity index (χ2n) is 5.75. The van der Waals surface area contributed by atoms with Crippen LogP contribution in [0.1, 0.15) is 11.6 Å². The molecule has 1 aromatic carbocycles. The second-order valence-corrected chi connectivity index (χ2v) is 6.56. The highest BCUT2D eigenvalue weighted by Gasteiger charge is 2.39. The lowest BCUT2D eigenvalue weighted by molar-refractivity contribution is -0.157. The molecule has 16 heteroatoms. The average Bonchev–Trinajstić information content (AvgIpc) is 3.10.